The summed E-state index contributed by atoms with van der Waals surface area (Å²) in [6.07, 6.45) is -1.26. The Morgan fingerprint density at radius 1 is 1.18 bits per heavy atom. The van der Waals surface area contributed by atoms with E-state index in [1.165, 1.54) is 13.0 Å². The minimum Gasteiger partial charge on any atom is -0.487 e. The Morgan fingerprint density at radius 3 is 2.61 bits per heavy atom. The number of alkyl halides is 2. The first kappa shape index (κ1) is 23.1. The number of carbonyl (C=O) groups is 1. The summed E-state index contributed by atoms with van der Waals surface area (Å²) >= 11 is 0. The van der Waals surface area contributed by atoms with Gasteiger partial charge < -0.3 is 19.9 Å². The number of amides is 1. The predicted molar refractivity (Wildman–Crippen MR) is 114 cm³/mol. The highest BCUT2D eigenvalue weighted by Crippen LogP contribution is 2.30. The van der Waals surface area contributed by atoms with E-state index in [1.54, 1.807) is 4.90 Å². The molecule has 2 aliphatic rings. The summed E-state index contributed by atoms with van der Waals surface area (Å²) in [4.78, 5) is 24.6. The zero-order chi connectivity index (χ0) is 23.5. The average Bonchev–Trinajstić information content (AvgIpc) is 2.79. The molecule has 0 spiro atoms. The number of anilines is 2. The smallest absolute Gasteiger partial charge is 0.255 e. The molecule has 0 unspecified atom stereocenters. The van der Waals surface area contributed by atoms with Crippen molar-refractivity contribution in [2.45, 2.75) is 45.3 Å². The predicted octanol–water partition coefficient (Wildman–Crippen LogP) is 3.38. The van der Waals surface area contributed by atoms with Crippen LogP contribution in [0, 0.1) is 11.6 Å². The van der Waals surface area contributed by atoms with Crippen molar-refractivity contribution in [2.75, 3.05) is 36.4 Å². The Labute approximate surface area is 188 Å². The fourth-order valence-corrected chi connectivity index (χ4v) is 4.04. The van der Waals surface area contributed by atoms with E-state index in [0.717, 1.165) is 12.1 Å². The number of aromatic nitrogens is 2. The molecule has 1 N–H and O–H groups in total. The lowest BCUT2D eigenvalue weighted by Gasteiger charge is -2.35. The van der Waals surface area contributed by atoms with Gasteiger partial charge in [0.2, 0.25) is 5.91 Å². The number of benzene rings is 1. The first-order chi connectivity index (χ1) is 15.8. The second kappa shape index (κ2) is 9.80. The number of halogens is 4. The maximum absolute atomic E-state index is 13.9. The maximum atomic E-state index is 13.9. The van der Waals surface area contributed by atoms with Crippen LogP contribution < -0.4 is 15.0 Å². The molecule has 1 aromatic carbocycles. The third-order valence-electron chi connectivity index (χ3n) is 5.79. The van der Waals surface area contributed by atoms with Gasteiger partial charge in [-0.25, -0.2) is 27.5 Å². The van der Waals surface area contributed by atoms with Crippen LogP contribution in [0.15, 0.2) is 18.2 Å². The molecule has 1 aromatic heterocycles. The molecule has 33 heavy (non-hydrogen) atoms. The molecule has 2 aliphatic heterocycles. The molecule has 2 aromatic rings. The van der Waals surface area contributed by atoms with Gasteiger partial charge in [0, 0.05) is 51.9 Å². The van der Waals surface area contributed by atoms with E-state index in [0.29, 0.717) is 62.6 Å². The Balaban J connectivity index is 1.50. The van der Waals surface area contributed by atoms with Gasteiger partial charge in [0.15, 0.2) is 23.2 Å². The Bertz CT molecular complexity index is 1010. The summed E-state index contributed by atoms with van der Waals surface area (Å²) in [6, 6.07) is 3.18. The van der Waals surface area contributed by atoms with Gasteiger partial charge in [0.05, 0.1) is 24.5 Å². The first-order valence-electron chi connectivity index (χ1n) is 10.8. The van der Waals surface area contributed by atoms with Crippen molar-refractivity contribution in [2.24, 2.45) is 0 Å². The second-order valence-corrected chi connectivity index (χ2v) is 8.13. The summed E-state index contributed by atoms with van der Waals surface area (Å²) in [7, 11) is 0. The summed E-state index contributed by atoms with van der Waals surface area (Å²) in [5.41, 5.74) is 1.35. The van der Waals surface area contributed by atoms with E-state index < -0.39 is 24.6 Å². The molecular weight excluding hydrogens is 442 g/mol. The van der Waals surface area contributed by atoms with Gasteiger partial charge in [0.25, 0.3) is 6.43 Å². The zero-order valence-electron chi connectivity index (χ0n) is 18.2. The van der Waals surface area contributed by atoms with Crippen LogP contribution in [-0.4, -0.2) is 59.5 Å². The van der Waals surface area contributed by atoms with E-state index >= 15 is 0 Å². The Morgan fingerprint density at radius 2 is 1.94 bits per heavy atom. The van der Waals surface area contributed by atoms with Crippen molar-refractivity contribution in [3.05, 3.63) is 41.2 Å². The third kappa shape index (κ3) is 5.45. The molecule has 4 rings (SSSR count). The molecule has 1 saturated heterocycles. The topological polar surface area (TPSA) is 70.6 Å². The molecule has 3 heterocycles. The molecule has 178 valence electrons. The quantitative estimate of drug-likeness (QED) is 0.657. The van der Waals surface area contributed by atoms with Crippen LogP contribution >= 0.6 is 0 Å². The fourth-order valence-electron chi connectivity index (χ4n) is 4.04. The Kier molecular flexibility index (Phi) is 6.85. The zero-order valence-corrected chi connectivity index (χ0v) is 18.2. The molecular formula is C22H25F4N5O2. The van der Waals surface area contributed by atoms with Crippen LogP contribution in [0.1, 0.15) is 31.2 Å². The van der Waals surface area contributed by atoms with Crippen molar-refractivity contribution in [1.82, 2.24) is 14.9 Å². The lowest BCUT2D eigenvalue weighted by molar-refractivity contribution is -0.129. The van der Waals surface area contributed by atoms with Crippen LogP contribution in [0.2, 0.25) is 0 Å². The van der Waals surface area contributed by atoms with Gasteiger partial charge in [-0.15, -0.1) is 0 Å². The molecule has 0 radical (unpaired) electrons. The number of carbonyl (C=O) groups excluding carboxylic acids is 1. The van der Waals surface area contributed by atoms with E-state index in [2.05, 4.69) is 10.3 Å². The minimum absolute atomic E-state index is 0.00737. The number of ether oxygens (including phenoxy) is 1. The van der Waals surface area contributed by atoms with E-state index in [1.807, 2.05) is 4.90 Å². The number of nitrogens with zero attached hydrogens (tertiary/aromatic N) is 4. The fraction of sp³-hybridized carbons (Fsp3) is 0.500. The van der Waals surface area contributed by atoms with Gasteiger partial charge in [-0.2, -0.15) is 0 Å². The number of nitrogens with one attached hydrogen (secondary N) is 1. The van der Waals surface area contributed by atoms with Crippen molar-refractivity contribution in [3.8, 4) is 5.75 Å². The molecule has 7 nitrogen and oxygen atoms in total. The van der Waals surface area contributed by atoms with Crippen LogP contribution in [0.4, 0.5) is 29.2 Å². The van der Waals surface area contributed by atoms with E-state index in [4.69, 9.17) is 9.72 Å². The number of piperidine rings is 1. The first-order valence-corrected chi connectivity index (χ1v) is 10.8. The summed E-state index contributed by atoms with van der Waals surface area (Å²) in [5.74, 6) is -0.762. The van der Waals surface area contributed by atoms with Crippen molar-refractivity contribution in [3.63, 3.8) is 0 Å². The van der Waals surface area contributed by atoms with Gasteiger partial charge in [-0.3, -0.25) is 4.79 Å². The van der Waals surface area contributed by atoms with Crippen molar-refractivity contribution < 1.29 is 27.1 Å². The SMILES string of the molecule is CC(=O)N1CCc2nc(NCC(F)F)c(N3CCC(Oc4ccc(F)cc4F)CC3)nc2C1. The summed E-state index contributed by atoms with van der Waals surface area (Å²) < 4.78 is 58.4. The van der Waals surface area contributed by atoms with Crippen LogP contribution in [0.25, 0.3) is 0 Å². The highest BCUT2D eigenvalue weighted by molar-refractivity contribution is 5.73. The average molecular weight is 467 g/mol. The molecule has 0 aliphatic carbocycles. The molecule has 0 bridgehead atoms. The second-order valence-electron chi connectivity index (χ2n) is 8.13. The maximum Gasteiger partial charge on any atom is 0.255 e. The van der Waals surface area contributed by atoms with E-state index in [9.17, 15) is 22.4 Å². The van der Waals surface area contributed by atoms with E-state index in [-0.39, 0.29) is 23.6 Å². The van der Waals surface area contributed by atoms with Gasteiger partial charge >= 0.3 is 0 Å². The van der Waals surface area contributed by atoms with Gasteiger partial charge in [0.1, 0.15) is 11.9 Å². The lowest BCUT2D eigenvalue weighted by atomic mass is 10.1. The number of fused-ring (bicyclic) bond motifs is 1. The van der Waals surface area contributed by atoms with Crippen molar-refractivity contribution >= 4 is 17.5 Å². The number of hydrogen-bond acceptors (Lipinski definition) is 6. The minimum atomic E-state index is -2.55. The monoisotopic (exact) mass is 467 g/mol. The summed E-state index contributed by atoms with van der Waals surface area (Å²) in [5, 5.41) is 2.70. The van der Waals surface area contributed by atoms with Crippen molar-refractivity contribution in [1.29, 1.82) is 0 Å². The molecule has 1 amide bonds. The summed E-state index contributed by atoms with van der Waals surface area (Å²) in [6.45, 7) is 2.74. The van der Waals surface area contributed by atoms with Crippen LogP contribution in [-0.2, 0) is 17.8 Å². The highest BCUT2D eigenvalue weighted by Gasteiger charge is 2.28. The molecule has 0 atom stereocenters. The van der Waals surface area contributed by atoms with Gasteiger partial charge in [-0.05, 0) is 12.1 Å². The van der Waals surface area contributed by atoms with Gasteiger partial charge in [-0.1, -0.05) is 0 Å². The lowest BCUT2D eigenvalue weighted by Crippen LogP contribution is -2.40. The molecule has 1 fully saturated rings. The van der Waals surface area contributed by atoms with Crippen LogP contribution in [0.3, 0.4) is 0 Å². The third-order valence-corrected chi connectivity index (χ3v) is 5.79. The van der Waals surface area contributed by atoms with Crippen LogP contribution in [0.5, 0.6) is 5.75 Å². The Hall–Kier alpha value is -3.11. The normalized spacial score (nSPS) is 16.7. The standard InChI is InChI=1S/C22H25F4N5O2/c1-13(32)31-9-6-17-18(12-31)29-22(21(28-17)27-11-20(25)26)30-7-4-15(5-8-30)33-19-3-2-14(23)10-16(19)24/h2-3,10,15,20H,4-9,11-12H2,1H3,(H,27,28). The largest absolute Gasteiger partial charge is 0.487 e. The molecule has 0 saturated carbocycles. The highest BCUT2D eigenvalue weighted by atomic mass is 19.3. The number of hydrogen-bond donors (Lipinski definition) is 1. The molecule has 11 heteroatoms. The number of rotatable bonds is 6.